The van der Waals surface area contributed by atoms with Crippen LogP contribution >= 0.6 is 0 Å². The summed E-state index contributed by atoms with van der Waals surface area (Å²) in [5, 5.41) is 15.7. The first-order chi connectivity index (χ1) is 12.4. The summed E-state index contributed by atoms with van der Waals surface area (Å²) in [6, 6.07) is 6.01. The fraction of sp³-hybridized carbons (Fsp3) is 0.118. The lowest BCUT2D eigenvalue weighted by Gasteiger charge is -2.07. The number of methoxy groups -OCH3 is 1. The van der Waals surface area contributed by atoms with Crippen LogP contribution in [0.3, 0.4) is 0 Å². The van der Waals surface area contributed by atoms with Gasteiger partial charge in [0.05, 0.1) is 18.4 Å². The smallest absolute Gasteiger partial charge is 0.276 e. The zero-order chi connectivity index (χ0) is 18.8. The standard InChI is InChI=1S/C17H14F2N4O3/c1-23-13(9-8-20-15(24)7-14(9)26-2)6-12(22-23)17(25)21-16-10(18)4-3-5-11(16)19/h3-8H,1-2H3,(H,20,24)(H,21,25). The third kappa shape index (κ3) is 3.18. The number of ether oxygens (including phenoxy) is 1. The van der Waals surface area contributed by atoms with Crippen LogP contribution in [0.1, 0.15) is 10.5 Å². The Morgan fingerprint density at radius 3 is 2.62 bits per heavy atom. The molecule has 3 rings (SSSR count). The van der Waals surface area contributed by atoms with E-state index in [9.17, 15) is 18.7 Å². The highest BCUT2D eigenvalue weighted by Crippen LogP contribution is 2.31. The maximum atomic E-state index is 13.7. The second-order valence-corrected chi connectivity index (χ2v) is 5.33. The van der Waals surface area contributed by atoms with Crippen molar-refractivity contribution >= 4 is 11.6 Å². The quantitative estimate of drug-likeness (QED) is 0.747. The molecule has 1 aromatic carbocycles. The van der Waals surface area contributed by atoms with Gasteiger partial charge in [-0.05, 0) is 18.2 Å². The van der Waals surface area contributed by atoms with Crippen LogP contribution in [0, 0.1) is 11.6 Å². The predicted octanol–water partition coefficient (Wildman–Crippen LogP) is 2.73. The number of anilines is 1. The van der Waals surface area contributed by atoms with Gasteiger partial charge >= 0.3 is 0 Å². The van der Waals surface area contributed by atoms with Crippen molar-refractivity contribution in [1.29, 1.82) is 0 Å². The topological polar surface area (TPSA) is 89.3 Å². The molecule has 2 heterocycles. The van der Waals surface area contributed by atoms with Gasteiger partial charge in [0.25, 0.3) is 5.91 Å². The average molecular weight is 360 g/mol. The van der Waals surface area contributed by atoms with Crippen LogP contribution in [-0.4, -0.2) is 32.9 Å². The fourth-order valence-electron chi connectivity index (χ4n) is 2.41. The zero-order valence-corrected chi connectivity index (χ0v) is 13.8. The van der Waals surface area contributed by atoms with Crippen LogP contribution in [0.15, 0.2) is 36.5 Å². The number of amides is 1. The Labute approximate surface area is 146 Å². The van der Waals surface area contributed by atoms with Crippen LogP contribution in [0.5, 0.6) is 11.6 Å². The molecule has 3 aromatic rings. The van der Waals surface area contributed by atoms with Crippen molar-refractivity contribution in [1.82, 2.24) is 14.8 Å². The first-order valence-electron chi connectivity index (χ1n) is 7.43. The highest BCUT2D eigenvalue weighted by molar-refractivity contribution is 6.03. The number of hydrogen-bond acceptors (Lipinski definition) is 5. The highest BCUT2D eigenvalue weighted by Gasteiger charge is 2.19. The molecule has 0 atom stereocenters. The van der Waals surface area contributed by atoms with E-state index in [0.717, 1.165) is 12.1 Å². The molecular weight excluding hydrogens is 346 g/mol. The number of nitrogens with zero attached hydrogens (tertiary/aromatic N) is 3. The number of carbonyl (C=O) groups excluding carboxylic acids is 1. The molecular formula is C17H14F2N4O3. The van der Waals surface area contributed by atoms with E-state index < -0.39 is 23.2 Å². The molecule has 0 unspecified atom stereocenters. The lowest BCUT2D eigenvalue weighted by Crippen LogP contribution is -2.15. The number of aromatic hydroxyl groups is 1. The number of benzene rings is 1. The predicted molar refractivity (Wildman–Crippen MR) is 89.0 cm³/mol. The second kappa shape index (κ2) is 6.79. The van der Waals surface area contributed by atoms with Gasteiger partial charge in [0, 0.05) is 19.3 Å². The number of aryl methyl sites for hydroxylation is 1. The summed E-state index contributed by atoms with van der Waals surface area (Å²) in [5.41, 5.74) is 0.346. The van der Waals surface area contributed by atoms with Crippen molar-refractivity contribution in [2.45, 2.75) is 0 Å². The van der Waals surface area contributed by atoms with E-state index in [4.69, 9.17) is 4.74 Å². The maximum Gasteiger partial charge on any atom is 0.276 e. The largest absolute Gasteiger partial charge is 0.496 e. The molecule has 0 aliphatic heterocycles. The van der Waals surface area contributed by atoms with Crippen LogP contribution in [0.2, 0.25) is 0 Å². The molecule has 0 bridgehead atoms. The fourth-order valence-corrected chi connectivity index (χ4v) is 2.41. The minimum absolute atomic E-state index is 0.0553. The number of rotatable bonds is 4. The van der Waals surface area contributed by atoms with Crippen molar-refractivity contribution in [3.8, 4) is 22.9 Å². The van der Waals surface area contributed by atoms with E-state index >= 15 is 0 Å². The number of carbonyl (C=O) groups is 1. The molecule has 0 saturated carbocycles. The molecule has 9 heteroatoms. The first kappa shape index (κ1) is 17.3. The van der Waals surface area contributed by atoms with Gasteiger partial charge in [0.2, 0.25) is 5.88 Å². The first-order valence-corrected chi connectivity index (χ1v) is 7.43. The number of para-hydroxylation sites is 1. The molecule has 0 radical (unpaired) electrons. The number of nitrogens with one attached hydrogen (secondary N) is 1. The molecule has 0 fully saturated rings. The van der Waals surface area contributed by atoms with Crippen LogP contribution < -0.4 is 10.1 Å². The van der Waals surface area contributed by atoms with Crippen LogP contribution in [0.25, 0.3) is 11.3 Å². The lowest BCUT2D eigenvalue weighted by molar-refractivity contribution is 0.102. The van der Waals surface area contributed by atoms with Crippen LogP contribution in [0.4, 0.5) is 14.5 Å². The summed E-state index contributed by atoms with van der Waals surface area (Å²) in [5.74, 6) is -2.45. The van der Waals surface area contributed by atoms with Gasteiger partial charge in [0.15, 0.2) is 5.69 Å². The number of aromatic nitrogens is 3. The summed E-state index contributed by atoms with van der Waals surface area (Å²) in [4.78, 5) is 16.1. The minimum atomic E-state index is -0.890. The van der Waals surface area contributed by atoms with E-state index in [-0.39, 0.29) is 11.6 Å². The monoisotopic (exact) mass is 360 g/mol. The third-order valence-electron chi connectivity index (χ3n) is 3.66. The van der Waals surface area contributed by atoms with Crippen LogP contribution in [-0.2, 0) is 7.05 Å². The van der Waals surface area contributed by atoms with Crippen molar-refractivity contribution in [3.63, 3.8) is 0 Å². The number of pyridine rings is 1. The molecule has 2 aromatic heterocycles. The highest BCUT2D eigenvalue weighted by atomic mass is 19.1. The molecule has 134 valence electrons. The molecule has 0 aliphatic carbocycles. The van der Waals surface area contributed by atoms with E-state index in [1.807, 2.05) is 0 Å². The summed E-state index contributed by atoms with van der Waals surface area (Å²) in [6.45, 7) is 0. The van der Waals surface area contributed by atoms with Gasteiger partial charge in [-0.15, -0.1) is 0 Å². The molecule has 7 nitrogen and oxygen atoms in total. The molecule has 1 amide bonds. The van der Waals surface area contributed by atoms with Crippen molar-refractivity contribution < 1.29 is 23.4 Å². The van der Waals surface area contributed by atoms with Crippen molar-refractivity contribution in [2.75, 3.05) is 12.4 Å². The van der Waals surface area contributed by atoms with Gasteiger partial charge < -0.3 is 15.2 Å². The van der Waals surface area contributed by atoms with Crippen molar-refractivity contribution in [2.24, 2.45) is 7.05 Å². The zero-order valence-electron chi connectivity index (χ0n) is 13.8. The minimum Gasteiger partial charge on any atom is -0.496 e. The number of hydrogen-bond donors (Lipinski definition) is 2. The Bertz CT molecular complexity index is 968. The summed E-state index contributed by atoms with van der Waals surface area (Å²) in [7, 11) is 3.01. The van der Waals surface area contributed by atoms with Gasteiger partial charge in [-0.2, -0.15) is 5.10 Å². The van der Waals surface area contributed by atoms with Gasteiger partial charge in [-0.1, -0.05) is 6.07 Å². The molecule has 0 saturated heterocycles. The lowest BCUT2D eigenvalue weighted by atomic mass is 10.1. The Morgan fingerprint density at radius 1 is 1.27 bits per heavy atom. The van der Waals surface area contributed by atoms with Gasteiger partial charge in [-0.3, -0.25) is 9.48 Å². The van der Waals surface area contributed by atoms with Gasteiger partial charge in [-0.25, -0.2) is 13.8 Å². The Hall–Kier alpha value is -3.49. The average Bonchev–Trinajstić information content (AvgIpc) is 2.99. The normalized spacial score (nSPS) is 10.6. The Morgan fingerprint density at radius 2 is 1.96 bits per heavy atom. The SMILES string of the molecule is COc1cc(O)ncc1-c1cc(C(=O)Nc2c(F)cccc2F)nn1C. The second-order valence-electron chi connectivity index (χ2n) is 5.33. The number of halogens is 2. The third-order valence-corrected chi connectivity index (χ3v) is 3.66. The molecule has 2 N–H and O–H groups in total. The van der Waals surface area contributed by atoms with E-state index in [0.29, 0.717) is 17.0 Å². The summed E-state index contributed by atoms with van der Waals surface area (Å²) < 4.78 is 34.0. The summed E-state index contributed by atoms with van der Waals surface area (Å²) >= 11 is 0. The molecule has 0 aliphatic rings. The summed E-state index contributed by atoms with van der Waals surface area (Å²) in [6.07, 6.45) is 1.36. The van der Waals surface area contributed by atoms with Crippen molar-refractivity contribution in [3.05, 3.63) is 53.9 Å². The van der Waals surface area contributed by atoms with E-state index in [1.165, 1.54) is 36.2 Å². The van der Waals surface area contributed by atoms with Gasteiger partial charge in [0.1, 0.15) is 23.1 Å². The van der Waals surface area contributed by atoms with E-state index in [1.54, 1.807) is 7.05 Å². The maximum absolute atomic E-state index is 13.7. The molecule has 26 heavy (non-hydrogen) atoms. The molecule has 0 spiro atoms. The Balaban J connectivity index is 1.95. The Kier molecular flexibility index (Phi) is 4.53. The van der Waals surface area contributed by atoms with E-state index in [2.05, 4.69) is 15.4 Å².